The third-order valence-electron chi connectivity index (χ3n) is 3.40. The van der Waals surface area contributed by atoms with Crippen molar-refractivity contribution >= 4 is 27.4 Å². The van der Waals surface area contributed by atoms with E-state index < -0.39 is 0 Å². The molecular weight excluding hydrogens is 256 g/mol. The summed E-state index contributed by atoms with van der Waals surface area (Å²) in [5, 5.41) is 1.14. The van der Waals surface area contributed by atoms with Crippen molar-refractivity contribution in [2.24, 2.45) is 0 Å². The van der Waals surface area contributed by atoms with Crippen molar-refractivity contribution in [2.45, 2.75) is 20.8 Å². The molecule has 0 saturated carbocycles. The van der Waals surface area contributed by atoms with Crippen LogP contribution in [0.5, 0.6) is 0 Å². The molecule has 4 heteroatoms. The average molecular weight is 270 g/mol. The van der Waals surface area contributed by atoms with Crippen molar-refractivity contribution in [1.82, 2.24) is 8.94 Å². The second-order valence-corrected chi connectivity index (χ2v) is 5.56. The van der Waals surface area contributed by atoms with E-state index in [-0.39, 0.29) is 5.78 Å². The minimum Gasteiger partial charge on any atom is -0.318 e. The van der Waals surface area contributed by atoms with Gasteiger partial charge in [0, 0.05) is 34.2 Å². The quantitative estimate of drug-likeness (QED) is 0.662. The fraction of sp³-hybridized carbons (Fsp3) is 0.200. The minimum absolute atomic E-state index is 0.109. The Kier molecular flexibility index (Phi) is 2.75. The zero-order chi connectivity index (χ0) is 13.6. The zero-order valence-electron chi connectivity index (χ0n) is 11.1. The summed E-state index contributed by atoms with van der Waals surface area (Å²) in [7, 11) is 0. The van der Waals surface area contributed by atoms with Crippen LogP contribution in [0.2, 0.25) is 0 Å². The first-order valence-electron chi connectivity index (χ1n) is 6.12. The van der Waals surface area contributed by atoms with Crippen molar-refractivity contribution in [3.63, 3.8) is 0 Å². The predicted octanol–water partition coefficient (Wildman–Crippen LogP) is 3.91. The van der Waals surface area contributed by atoms with Crippen LogP contribution in [-0.2, 0) is 0 Å². The smallest absolute Gasteiger partial charge is 0.161 e. The zero-order valence-corrected chi connectivity index (χ0v) is 11.9. The Morgan fingerprint density at radius 1 is 1.26 bits per heavy atom. The van der Waals surface area contributed by atoms with Crippen molar-refractivity contribution in [3.8, 4) is 5.69 Å². The van der Waals surface area contributed by atoms with Gasteiger partial charge in [0.25, 0.3) is 0 Å². The van der Waals surface area contributed by atoms with Crippen LogP contribution in [0.25, 0.3) is 15.8 Å². The highest BCUT2D eigenvalue weighted by Crippen LogP contribution is 2.25. The van der Waals surface area contributed by atoms with Gasteiger partial charge in [-0.2, -0.15) is 4.37 Å². The third-order valence-corrected chi connectivity index (χ3v) is 4.18. The number of hydrogen-bond donors (Lipinski definition) is 0. The van der Waals surface area contributed by atoms with Crippen LogP contribution in [0.3, 0.4) is 0 Å². The van der Waals surface area contributed by atoms with Gasteiger partial charge in [-0.05, 0) is 56.6 Å². The number of aromatic nitrogens is 2. The second kappa shape index (κ2) is 4.31. The summed E-state index contributed by atoms with van der Waals surface area (Å²) in [5.74, 6) is 0.109. The number of nitrogens with zero attached hydrogens (tertiary/aromatic N) is 2. The van der Waals surface area contributed by atoms with Crippen LogP contribution in [0.4, 0.5) is 0 Å². The summed E-state index contributed by atoms with van der Waals surface area (Å²) in [6.07, 6.45) is 1.88. The topological polar surface area (TPSA) is 34.9 Å². The maximum atomic E-state index is 11.6. The summed E-state index contributed by atoms with van der Waals surface area (Å²) >= 11 is 1.50. The molecule has 1 aromatic carbocycles. The number of ketones is 1. The standard InChI is InChI=1S/C15H14N2OS/c1-9-6-14(11(3)18)10(2)17(9)13-4-5-15-12(7-13)8-16-19-15/h4-8H,1-3H3. The molecule has 3 rings (SSSR count). The summed E-state index contributed by atoms with van der Waals surface area (Å²) in [6, 6.07) is 8.22. The minimum atomic E-state index is 0.109. The van der Waals surface area contributed by atoms with Gasteiger partial charge in [-0.3, -0.25) is 4.79 Å². The van der Waals surface area contributed by atoms with Crippen molar-refractivity contribution in [3.05, 3.63) is 47.4 Å². The highest BCUT2D eigenvalue weighted by atomic mass is 32.1. The molecule has 0 N–H and O–H groups in total. The lowest BCUT2D eigenvalue weighted by Gasteiger charge is -2.09. The molecule has 0 unspecified atom stereocenters. The molecule has 0 bridgehead atoms. The molecular formula is C15H14N2OS. The van der Waals surface area contributed by atoms with Crippen LogP contribution >= 0.6 is 11.5 Å². The van der Waals surface area contributed by atoms with Gasteiger partial charge >= 0.3 is 0 Å². The monoisotopic (exact) mass is 270 g/mol. The Labute approximate surface area is 115 Å². The first-order valence-corrected chi connectivity index (χ1v) is 6.90. The lowest BCUT2D eigenvalue weighted by molar-refractivity contribution is 0.101. The van der Waals surface area contributed by atoms with E-state index in [1.165, 1.54) is 16.2 Å². The number of fused-ring (bicyclic) bond motifs is 1. The first-order chi connectivity index (χ1) is 9.08. The van der Waals surface area contributed by atoms with Gasteiger partial charge in [0.05, 0.1) is 4.70 Å². The highest BCUT2D eigenvalue weighted by Gasteiger charge is 2.13. The van der Waals surface area contributed by atoms with E-state index in [0.29, 0.717) is 0 Å². The van der Waals surface area contributed by atoms with Crippen LogP contribution in [0, 0.1) is 13.8 Å². The van der Waals surface area contributed by atoms with Crippen molar-refractivity contribution < 1.29 is 4.79 Å². The molecule has 0 radical (unpaired) electrons. The normalized spacial score (nSPS) is 11.1. The Morgan fingerprint density at radius 2 is 2.05 bits per heavy atom. The van der Waals surface area contributed by atoms with E-state index in [4.69, 9.17) is 0 Å². The molecule has 19 heavy (non-hydrogen) atoms. The number of aryl methyl sites for hydroxylation is 1. The molecule has 0 aliphatic rings. The van der Waals surface area contributed by atoms with Gasteiger partial charge < -0.3 is 4.57 Å². The van der Waals surface area contributed by atoms with Gasteiger partial charge in [-0.25, -0.2) is 0 Å². The lowest BCUT2D eigenvalue weighted by Crippen LogP contribution is -2.00. The second-order valence-electron chi connectivity index (χ2n) is 4.72. The SMILES string of the molecule is CC(=O)c1cc(C)n(-c2ccc3sncc3c2)c1C. The van der Waals surface area contributed by atoms with Gasteiger partial charge in [0.1, 0.15) is 0 Å². The summed E-state index contributed by atoms with van der Waals surface area (Å²) in [4.78, 5) is 11.6. The van der Waals surface area contributed by atoms with E-state index in [9.17, 15) is 4.79 Å². The molecule has 3 aromatic rings. The maximum absolute atomic E-state index is 11.6. The third kappa shape index (κ3) is 1.88. The number of hydrogen-bond acceptors (Lipinski definition) is 3. The predicted molar refractivity (Wildman–Crippen MR) is 78.4 cm³/mol. The highest BCUT2D eigenvalue weighted by molar-refractivity contribution is 7.13. The van der Waals surface area contributed by atoms with Gasteiger partial charge in [-0.1, -0.05) is 0 Å². The van der Waals surface area contributed by atoms with E-state index >= 15 is 0 Å². The molecule has 0 aliphatic heterocycles. The van der Waals surface area contributed by atoms with E-state index in [2.05, 4.69) is 27.1 Å². The summed E-state index contributed by atoms with van der Waals surface area (Å²) < 4.78 is 7.49. The summed E-state index contributed by atoms with van der Waals surface area (Å²) in [6.45, 7) is 5.62. The Morgan fingerprint density at radius 3 is 2.74 bits per heavy atom. The lowest BCUT2D eigenvalue weighted by atomic mass is 10.2. The van der Waals surface area contributed by atoms with E-state index in [1.807, 2.05) is 26.1 Å². The Balaban J connectivity index is 2.23. The number of rotatable bonds is 2. The Bertz CT molecular complexity index is 783. The number of benzene rings is 1. The molecule has 96 valence electrons. The van der Waals surface area contributed by atoms with E-state index in [1.54, 1.807) is 6.92 Å². The van der Waals surface area contributed by atoms with Gasteiger partial charge in [-0.15, -0.1) is 0 Å². The van der Waals surface area contributed by atoms with Crippen LogP contribution in [0.15, 0.2) is 30.5 Å². The average Bonchev–Trinajstić information content (AvgIpc) is 2.93. The van der Waals surface area contributed by atoms with Crippen molar-refractivity contribution in [1.29, 1.82) is 0 Å². The molecule has 0 spiro atoms. The molecule has 0 aliphatic carbocycles. The number of carbonyl (C=O) groups is 1. The van der Waals surface area contributed by atoms with Crippen molar-refractivity contribution in [2.75, 3.05) is 0 Å². The van der Waals surface area contributed by atoms with Crippen LogP contribution < -0.4 is 0 Å². The molecule has 2 aromatic heterocycles. The maximum Gasteiger partial charge on any atom is 0.161 e. The van der Waals surface area contributed by atoms with E-state index in [0.717, 1.165) is 28.0 Å². The number of Topliss-reactive ketones (excluding diaryl/α,β-unsaturated/α-hetero) is 1. The van der Waals surface area contributed by atoms with Crippen LogP contribution in [0.1, 0.15) is 28.7 Å². The molecule has 0 amide bonds. The Hall–Kier alpha value is -1.94. The largest absolute Gasteiger partial charge is 0.318 e. The summed E-state index contributed by atoms with van der Waals surface area (Å²) in [5.41, 5.74) is 3.94. The fourth-order valence-electron chi connectivity index (χ4n) is 2.52. The van der Waals surface area contributed by atoms with Gasteiger partial charge in [0.2, 0.25) is 0 Å². The molecule has 0 atom stereocenters. The van der Waals surface area contributed by atoms with Crippen LogP contribution in [-0.4, -0.2) is 14.7 Å². The molecule has 3 nitrogen and oxygen atoms in total. The number of carbonyl (C=O) groups excluding carboxylic acids is 1. The fourth-order valence-corrected chi connectivity index (χ4v) is 3.14. The molecule has 2 heterocycles. The first kappa shape index (κ1) is 12.1. The molecule has 0 fully saturated rings. The van der Waals surface area contributed by atoms with Gasteiger partial charge in [0.15, 0.2) is 5.78 Å². The molecule has 0 saturated heterocycles.